The van der Waals surface area contributed by atoms with Gasteiger partial charge in [0, 0.05) is 17.1 Å². The molecule has 1 nitrogen and oxygen atoms in total. The number of benzene rings is 6. The highest BCUT2D eigenvalue weighted by Gasteiger charge is 2.22. The Labute approximate surface area is 205 Å². The number of para-hydroxylation sites is 2. The number of nitrogens with zero attached hydrogens (tertiary/aromatic N) is 1. The average molecular weight is 446 g/mol. The van der Waals surface area contributed by atoms with Gasteiger partial charge in [0.05, 0.1) is 0 Å². The summed E-state index contributed by atoms with van der Waals surface area (Å²) in [5.74, 6) is 0. The van der Waals surface area contributed by atoms with Gasteiger partial charge in [0.2, 0.25) is 0 Å². The fraction of sp³-hybridized carbons (Fsp3) is 0. The topological polar surface area (TPSA) is 3.24 Å². The molecule has 0 bridgehead atoms. The van der Waals surface area contributed by atoms with Crippen LogP contribution in [-0.2, 0) is 0 Å². The minimum Gasteiger partial charge on any atom is -0.310 e. The SMILES string of the molecule is c1ccc(N(c2ccccc2)c2cccc(-c3ccc4c5c(cccc35)-c3ccccc3-4)c2)cc1. The zero-order chi connectivity index (χ0) is 23.2. The number of rotatable bonds is 4. The van der Waals surface area contributed by atoms with E-state index in [4.69, 9.17) is 0 Å². The van der Waals surface area contributed by atoms with Gasteiger partial charge in [-0.3, -0.25) is 0 Å². The Morgan fingerprint density at radius 2 is 0.857 bits per heavy atom. The first-order valence-electron chi connectivity index (χ1n) is 12.0. The molecule has 0 aromatic heterocycles. The predicted octanol–water partition coefficient (Wildman–Crippen LogP) is 9.62. The van der Waals surface area contributed by atoms with E-state index in [0.717, 1.165) is 17.1 Å². The highest BCUT2D eigenvalue weighted by molar-refractivity contribution is 6.18. The van der Waals surface area contributed by atoms with Crippen LogP contribution in [0.3, 0.4) is 0 Å². The predicted molar refractivity (Wildman–Crippen MR) is 148 cm³/mol. The van der Waals surface area contributed by atoms with Crippen LogP contribution < -0.4 is 4.90 Å². The second-order valence-electron chi connectivity index (χ2n) is 8.99. The minimum atomic E-state index is 1.14. The molecular formula is C34H23N. The van der Waals surface area contributed by atoms with Crippen molar-refractivity contribution in [3.8, 4) is 33.4 Å². The lowest BCUT2D eigenvalue weighted by Gasteiger charge is -2.26. The van der Waals surface area contributed by atoms with Gasteiger partial charge in [-0.15, -0.1) is 0 Å². The van der Waals surface area contributed by atoms with Crippen molar-refractivity contribution in [3.63, 3.8) is 0 Å². The van der Waals surface area contributed by atoms with E-state index in [1.54, 1.807) is 0 Å². The number of hydrogen-bond acceptors (Lipinski definition) is 1. The van der Waals surface area contributed by atoms with Crippen LogP contribution >= 0.6 is 0 Å². The molecule has 0 amide bonds. The van der Waals surface area contributed by atoms with E-state index in [1.165, 1.54) is 44.2 Å². The molecule has 0 heterocycles. The maximum atomic E-state index is 2.32. The smallest absolute Gasteiger partial charge is 0.0467 e. The van der Waals surface area contributed by atoms with Crippen LogP contribution in [0.5, 0.6) is 0 Å². The molecule has 0 unspecified atom stereocenters. The first-order valence-corrected chi connectivity index (χ1v) is 12.0. The Balaban J connectivity index is 1.41. The van der Waals surface area contributed by atoms with E-state index in [9.17, 15) is 0 Å². The second-order valence-corrected chi connectivity index (χ2v) is 8.99. The van der Waals surface area contributed by atoms with E-state index in [1.807, 2.05) is 0 Å². The highest BCUT2D eigenvalue weighted by Crippen LogP contribution is 2.49. The Bertz CT molecular complexity index is 1610. The summed E-state index contributed by atoms with van der Waals surface area (Å²) in [4.78, 5) is 2.32. The van der Waals surface area contributed by atoms with Gasteiger partial charge in [-0.25, -0.2) is 0 Å². The Hall–Kier alpha value is -4.62. The van der Waals surface area contributed by atoms with E-state index < -0.39 is 0 Å². The molecule has 0 radical (unpaired) electrons. The van der Waals surface area contributed by atoms with Crippen molar-refractivity contribution in [3.05, 3.63) is 140 Å². The third-order valence-corrected chi connectivity index (χ3v) is 6.99. The molecule has 164 valence electrons. The van der Waals surface area contributed by atoms with Gasteiger partial charge >= 0.3 is 0 Å². The molecule has 6 aromatic rings. The van der Waals surface area contributed by atoms with Crippen molar-refractivity contribution in [1.29, 1.82) is 0 Å². The first-order chi connectivity index (χ1) is 17.4. The summed E-state index contributed by atoms with van der Waals surface area (Å²) in [6, 6.07) is 50.1. The normalized spacial score (nSPS) is 11.4. The van der Waals surface area contributed by atoms with Crippen molar-refractivity contribution >= 4 is 27.8 Å². The third kappa shape index (κ3) is 3.17. The molecule has 7 rings (SSSR count). The van der Waals surface area contributed by atoms with Crippen LogP contribution in [0.2, 0.25) is 0 Å². The fourth-order valence-corrected chi connectivity index (χ4v) is 5.47. The van der Waals surface area contributed by atoms with Crippen LogP contribution in [0.25, 0.3) is 44.2 Å². The molecule has 1 aliphatic carbocycles. The third-order valence-electron chi connectivity index (χ3n) is 6.99. The lowest BCUT2D eigenvalue weighted by molar-refractivity contribution is 1.28. The highest BCUT2D eigenvalue weighted by atomic mass is 15.1. The summed E-state index contributed by atoms with van der Waals surface area (Å²) >= 11 is 0. The second kappa shape index (κ2) is 8.00. The molecule has 0 spiro atoms. The van der Waals surface area contributed by atoms with Crippen LogP contribution in [0.1, 0.15) is 0 Å². The largest absolute Gasteiger partial charge is 0.310 e. The average Bonchev–Trinajstić information content (AvgIpc) is 3.26. The van der Waals surface area contributed by atoms with Crippen molar-refractivity contribution in [1.82, 2.24) is 0 Å². The Morgan fingerprint density at radius 1 is 0.343 bits per heavy atom. The van der Waals surface area contributed by atoms with Crippen molar-refractivity contribution in [2.75, 3.05) is 4.90 Å². The van der Waals surface area contributed by atoms with Gasteiger partial charge < -0.3 is 4.90 Å². The van der Waals surface area contributed by atoms with Crippen LogP contribution in [0, 0.1) is 0 Å². The van der Waals surface area contributed by atoms with Crippen LogP contribution in [-0.4, -0.2) is 0 Å². The number of anilines is 3. The molecule has 0 aliphatic heterocycles. The van der Waals surface area contributed by atoms with E-state index >= 15 is 0 Å². The summed E-state index contributed by atoms with van der Waals surface area (Å²) < 4.78 is 0. The van der Waals surface area contributed by atoms with Crippen molar-refractivity contribution in [2.24, 2.45) is 0 Å². The summed E-state index contributed by atoms with van der Waals surface area (Å²) in [6.07, 6.45) is 0. The van der Waals surface area contributed by atoms with Crippen LogP contribution in [0.4, 0.5) is 17.1 Å². The minimum absolute atomic E-state index is 1.14. The monoisotopic (exact) mass is 445 g/mol. The van der Waals surface area contributed by atoms with Gasteiger partial charge in [-0.1, -0.05) is 103 Å². The fourth-order valence-electron chi connectivity index (χ4n) is 5.47. The molecular weight excluding hydrogens is 422 g/mol. The molecule has 0 fully saturated rings. The van der Waals surface area contributed by atoms with Gasteiger partial charge in [-0.05, 0) is 80.6 Å². The molecule has 6 aromatic carbocycles. The first kappa shape index (κ1) is 19.8. The zero-order valence-electron chi connectivity index (χ0n) is 19.2. The molecule has 1 aliphatic rings. The standard InChI is InChI=1S/C34H23N/c1-3-12-25(13-4-1)35(26-14-5-2-6-15-26)27-16-9-11-24(23-27)28-21-22-33-30-18-8-7-17-29(30)32-20-10-19-31(28)34(32)33/h1-23H. The maximum Gasteiger partial charge on any atom is 0.0467 e. The summed E-state index contributed by atoms with van der Waals surface area (Å²) in [7, 11) is 0. The van der Waals surface area contributed by atoms with Gasteiger partial charge in [0.1, 0.15) is 0 Å². The number of fused-ring (bicyclic) bond motifs is 3. The van der Waals surface area contributed by atoms with Gasteiger partial charge in [0.25, 0.3) is 0 Å². The number of hydrogen-bond donors (Lipinski definition) is 0. The lowest BCUT2D eigenvalue weighted by atomic mass is 9.94. The van der Waals surface area contributed by atoms with Crippen molar-refractivity contribution in [2.45, 2.75) is 0 Å². The lowest BCUT2D eigenvalue weighted by Crippen LogP contribution is -2.09. The van der Waals surface area contributed by atoms with E-state index in [-0.39, 0.29) is 0 Å². The Morgan fingerprint density at radius 3 is 1.54 bits per heavy atom. The molecule has 0 saturated carbocycles. The molecule has 0 N–H and O–H groups in total. The molecule has 1 heteroatoms. The van der Waals surface area contributed by atoms with Crippen LogP contribution in [0.15, 0.2) is 140 Å². The summed E-state index contributed by atoms with van der Waals surface area (Å²) in [5.41, 5.74) is 11.3. The van der Waals surface area contributed by atoms with E-state index in [0.29, 0.717) is 0 Å². The quantitative estimate of drug-likeness (QED) is 0.261. The van der Waals surface area contributed by atoms with Gasteiger partial charge in [-0.2, -0.15) is 0 Å². The molecule has 35 heavy (non-hydrogen) atoms. The Kier molecular flexibility index (Phi) is 4.53. The maximum absolute atomic E-state index is 2.32. The van der Waals surface area contributed by atoms with Gasteiger partial charge in [0.15, 0.2) is 0 Å². The van der Waals surface area contributed by atoms with E-state index in [2.05, 4.69) is 144 Å². The zero-order valence-corrected chi connectivity index (χ0v) is 19.2. The molecule has 0 atom stereocenters. The van der Waals surface area contributed by atoms with Crippen molar-refractivity contribution < 1.29 is 0 Å². The summed E-state index contributed by atoms with van der Waals surface area (Å²) in [6.45, 7) is 0. The summed E-state index contributed by atoms with van der Waals surface area (Å²) in [5, 5.41) is 2.67. The molecule has 0 saturated heterocycles.